The van der Waals surface area contributed by atoms with Gasteiger partial charge in [0.05, 0.1) is 19.6 Å². The number of carboxylic acids is 1. The minimum Gasteiger partial charge on any atom is -0.481 e. The lowest BCUT2D eigenvalue weighted by molar-refractivity contribution is -0.136. The van der Waals surface area contributed by atoms with E-state index in [0.29, 0.717) is 13.2 Å². The SMILES string of the molecule is C[Si](C)(C)C/C(=C/COCc1ccccc1)CC(=O)O. The van der Waals surface area contributed by atoms with Crippen LogP contribution in [0.25, 0.3) is 0 Å². The van der Waals surface area contributed by atoms with E-state index < -0.39 is 14.0 Å². The van der Waals surface area contributed by atoms with Crippen LogP contribution in [0.5, 0.6) is 0 Å². The molecule has 0 saturated heterocycles. The zero-order valence-corrected chi connectivity index (χ0v) is 13.6. The molecule has 0 aromatic heterocycles. The number of aliphatic carboxylic acids is 1. The summed E-state index contributed by atoms with van der Waals surface area (Å²) in [4.78, 5) is 10.9. The molecular formula is C16H24O3Si. The number of ether oxygens (including phenoxy) is 1. The highest BCUT2D eigenvalue weighted by Gasteiger charge is 2.17. The molecule has 1 aromatic rings. The molecule has 0 aliphatic rings. The Balaban J connectivity index is 2.47. The Labute approximate surface area is 122 Å². The van der Waals surface area contributed by atoms with E-state index in [9.17, 15) is 4.79 Å². The van der Waals surface area contributed by atoms with E-state index in [-0.39, 0.29) is 6.42 Å². The third kappa shape index (κ3) is 7.91. The lowest BCUT2D eigenvalue weighted by Gasteiger charge is -2.17. The smallest absolute Gasteiger partial charge is 0.307 e. The van der Waals surface area contributed by atoms with Crippen LogP contribution in [0.15, 0.2) is 42.0 Å². The Bertz CT molecular complexity index is 447. The van der Waals surface area contributed by atoms with E-state index in [4.69, 9.17) is 9.84 Å². The first-order chi connectivity index (χ1) is 9.37. The number of benzene rings is 1. The summed E-state index contributed by atoms with van der Waals surface area (Å²) >= 11 is 0. The summed E-state index contributed by atoms with van der Waals surface area (Å²) < 4.78 is 5.59. The van der Waals surface area contributed by atoms with Crippen LogP contribution in [0.2, 0.25) is 25.7 Å². The first-order valence-corrected chi connectivity index (χ1v) is 10.6. The maximum absolute atomic E-state index is 10.9. The second-order valence-electron chi connectivity index (χ2n) is 6.17. The third-order valence-electron chi connectivity index (χ3n) is 2.74. The van der Waals surface area contributed by atoms with Gasteiger partial charge in [-0.1, -0.05) is 61.6 Å². The lowest BCUT2D eigenvalue weighted by Crippen LogP contribution is -2.21. The molecule has 3 nitrogen and oxygen atoms in total. The predicted molar refractivity (Wildman–Crippen MR) is 84.6 cm³/mol. The third-order valence-corrected chi connectivity index (χ3v) is 4.25. The Morgan fingerprint density at radius 2 is 1.90 bits per heavy atom. The Hall–Kier alpha value is -1.39. The Morgan fingerprint density at radius 1 is 1.25 bits per heavy atom. The molecule has 0 atom stereocenters. The van der Waals surface area contributed by atoms with Gasteiger partial charge in [-0.25, -0.2) is 0 Å². The van der Waals surface area contributed by atoms with Crippen molar-refractivity contribution < 1.29 is 14.6 Å². The average molecular weight is 292 g/mol. The van der Waals surface area contributed by atoms with Crippen LogP contribution in [0, 0.1) is 0 Å². The summed E-state index contributed by atoms with van der Waals surface area (Å²) in [6.07, 6.45) is 2.06. The molecular weight excluding hydrogens is 268 g/mol. The van der Waals surface area contributed by atoms with Gasteiger partial charge in [-0.15, -0.1) is 0 Å². The maximum Gasteiger partial charge on any atom is 0.307 e. The van der Waals surface area contributed by atoms with Gasteiger partial charge in [0.25, 0.3) is 0 Å². The number of carbonyl (C=O) groups is 1. The summed E-state index contributed by atoms with van der Waals surface area (Å²) in [5.41, 5.74) is 2.12. The first kappa shape index (κ1) is 16.7. The van der Waals surface area contributed by atoms with Gasteiger partial charge in [-0.2, -0.15) is 0 Å². The molecule has 0 amide bonds. The molecule has 0 unspecified atom stereocenters. The highest BCUT2D eigenvalue weighted by Crippen LogP contribution is 2.19. The summed E-state index contributed by atoms with van der Waals surface area (Å²) in [7, 11) is -1.30. The van der Waals surface area contributed by atoms with Crippen LogP contribution in [0.3, 0.4) is 0 Å². The standard InChI is InChI=1S/C16H24O3Si/c1-20(2,3)13-15(11-16(17)18)9-10-19-12-14-7-5-4-6-8-14/h4-9H,10-13H2,1-3H3,(H,17,18)/b15-9+. The van der Waals surface area contributed by atoms with Gasteiger partial charge in [0.2, 0.25) is 0 Å². The van der Waals surface area contributed by atoms with Gasteiger partial charge in [0, 0.05) is 8.07 Å². The molecule has 0 aliphatic carbocycles. The quantitative estimate of drug-likeness (QED) is 0.448. The number of rotatable bonds is 8. The van der Waals surface area contributed by atoms with Gasteiger partial charge in [0.15, 0.2) is 0 Å². The zero-order valence-electron chi connectivity index (χ0n) is 12.6. The van der Waals surface area contributed by atoms with Crippen molar-refractivity contribution in [3.05, 3.63) is 47.5 Å². The van der Waals surface area contributed by atoms with Crippen LogP contribution >= 0.6 is 0 Å². The van der Waals surface area contributed by atoms with E-state index in [0.717, 1.165) is 17.2 Å². The van der Waals surface area contributed by atoms with Gasteiger partial charge < -0.3 is 9.84 Å². The van der Waals surface area contributed by atoms with E-state index in [1.54, 1.807) is 0 Å². The van der Waals surface area contributed by atoms with Crippen LogP contribution in [-0.4, -0.2) is 25.8 Å². The summed E-state index contributed by atoms with van der Waals surface area (Å²) in [5, 5.41) is 8.95. The topological polar surface area (TPSA) is 46.5 Å². The van der Waals surface area contributed by atoms with E-state index in [2.05, 4.69) is 19.6 Å². The van der Waals surface area contributed by atoms with Crippen molar-refractivity contribution >= 4 is 14.0 Å². The van der Waals surface area contributed by atoms with Crippen LogP contribution in [0.1, 0.15) is 12.0 Å². The number of hydrogen-bond acceptors (Lipinski definition) is 2. The second kappa shape index (κ2) is 8.02. The van der Waals surface area contributed by atoms with Crippen molar-refractivity contribution in [1.82, 2.24) is 0 Å². The van der Waals surface area contributed by atoms with Gasteiger partial charge >= 0.3 is 5.97 Å². The van der Waals surface area contributed by atoms with Crippen molar-refractivity contribution in [2.45, 2.75) is 38.7 Å². The fourth-order valence-electron chi connectivity index (χ4n) is 2.01. The fraction of sp³-hybridized carbons (Fsp3) is 0.438. The van der Waals surface area contributed by atoms with Crippen molar-refractivity contribution in [3.8, 4) is 0 Å². The highest BCUT2D eigenvalue weighted by molar-refractivity contribution is 6.76. The number of hydrogen-bond donors (Lipinski definition) is 1. The van der Waals surface area contributed by atoms with E-state index >= 15 is 0 Å². The van der Waals surface area contributed by atoms with Crippen molar-refractivity contribution in [2.75, 3.05) is 6.61 Å². The minimum absolute atomic E-state index is 0.124. The van der Waals surface area contributed by atoms with E-state index in [1.807, 2.05) is 36.4 Å². The summed E-state index contributed by atoms with van der Waals surface area (Å²) in [5.74, 6) is -0.766. The highest BCUT2D eigenvalue weighted by atomic mass is 28.3. The molecule has 0 bridgehead atoms. The molecule has 0 fully saturated rings. The molecule has 0 spiro atoms. The molecule has 0 radical (unpaired) electrons. The average Bonchev–Trinajstić information content (AvgIpc) is 2.33. The molecule has 1 rings (SSSR count). The molecule has 1 aromatic carbocycles. The van der Waals surface area contributed by atoms with Crippen molar-refractivity contribution in [3.63, 3.8) is 0 Å². The van der Waals surface area contributed by atoms with Gasteiger partial charge in [-0.3, -0.25) is 4.79 Å². The largest absolute Gasteiger partial charge is 0.481 e. The van der Waals surface area contributed by atoms with Crippen molar-refractivity contribution in [1.29, 1.82) is 0 Å². The molecule has 4 heteroatoms. The monoisotopic (exact) mass is 292 g/mol. The van der Waals surface area contributed by atoms with Crippen LogP contribution in [-0.2, 0) is 16.1 Å². The van der Waals surface area contributed by atoms with Crippen molar-refractivity contribution in [2.24, 2.45) is 0 Å². The van der Waals surface area contributed by atoms with E-state index in [1.165, 1.54) is 0 Å². The van der Waals surface area contributed by atoms with Gasteiger partial charge in [0.1, 0.15) is 0 Å². The van der Waals surface area contributed by atoms with Crippen LogP contribution in [0.4, 0.5) is 0 Å². The van der Waals surface area contributed by atoms with Crippen LogP contribution < -0.4 is 0 Å². The maximum atomic E-state index is 10.9. The predicted octanol–water partition coefficient (Wildman–Crippen LogP) is 3.94. The fourth-order valence-corrected chi connectivity index (χ4v) is 3.64. The molecule has 20 heavy (non-hydrogen) atoms. The zero-order chi connectivity index (χ0) is 15.0. The molecule has 0 heterocycles. The molecule has 0 aliphatic heterocycles. The summed E-state index contributed by atoms with van der Waals surface area (Å²) in [6, 6.07) is 10.9. The second-order valence-corrected chi connectivity index (χ2v) is 11.6. The Kier molecular flexibility index (Phi) is 6.68. The number of carboxylic acid groups (broad SMARTS) is 1. The lowest BCUT2D eigenvalue weighted by atomic mass is 10.2. The molecule has 110 valence electrons. The van der Waals surface area contributed by atoms with Gasteiger partial charge in [-0.05, 0) is 11.6 Å². The molecule has 1 N–H and O–H groups in total. The first-order valence-electron chi connectivity index (χ1n) is 6.88. The summed E-state index contributed by atoms with van der Waals surface area (Å²) in [6.45, 7) is 7.77. The Morgan fingerprint density at radius 3 is 2.45 bits per heavy atom. The molecule has 0 saturated carbocycles. The minimum atomic E-state index is -1.30. The normalized spacial score (nSPS) is 12.4.